The lowest BCUT2D eigenvalue weighted by Crippen LogP contribution is -2.64. The lowest BCUT2D eigenvalue weighted by molar-refractivity contribution is -0.145. The van der Waals surface area contributed by atoms with Gasteiger partial charge in [0.1, 0.15) is 11.4 Å². The predicted octanol–water partition coefficient (Wildman–Crippen LogP) is 3.44. The molecule has 4 nitrogen and oxygen atoms in total. The first-order valence-electron chi connectivity index (χ1n) is 10.2. The summed E-state index contributed by atoms with van der Waals surface area (Å²) >= 11 is 6.06. The number of carbonyl (C=O) groups is 1. The van der Waals surface area contributed by atoms with Crippen molar-refractivity contribution in [1.82, 2.24) is 15.1 Å². The molecular weight excluding hydrogens is 389 g/mol. The van der Waals surface area contributed by atoms with Crippen LogP contribution in [0.1, 0.15) is 29.7 Å². The molecule has 1 N–H and O–H groups in total. The zero-order valence-electron chi connectivity index (χ0n) is 16.9. The van der Waals surface area contributed by atoms with E-state index >= 15 is 0 Å². The minimum Gasteiger partial charge on any atom is -0.337 e. The summed E-state index contributed by atoms with van der Waals surface area (Å²) in [6.07, 6.45) is 1.42. The molecule has 1 aliphatic carbocycles. The van der Waals surface area contributed by atoms with Gasteiger partial charge in [0.25, 0.3) is 0 Å². The van der Waals surface area contributed by atoms with Crippen molar-refractivity contribution in [3.05, 3.63) is 70.0 Å². The third-order valence-electron chi connectivity index (χ3n) is 6.47. The van der Waals surface area contributed by atoms with Crippen LogP contribution in [0.5, 0.6) is 0 Å². The summed E-state index contributed by atoms with van der Waals surface area (Å²) in [4.78, 5) is 18.1. The molecule has 1 amide bonds. The van der Waals surface area contributed by atoms with Crippen LogP contribution >= 0.6 is 11.6 Å². The van der Waals surface area contributed by atoms with Crippen LogP contribution in [0.15, 0.2) is 42.5 Å². The van der Waals surface area contributed by atoms with E-state index in [2.05, 4.69) is 22.3 Å². The molecule has 4 rings (SSSR count). The van der Waals surface area contributed by atoms with Crippen LogP contribution in [0.4, 0.5) is 4.39 Å². The van der Waals surface area contributed by atoms with E-state index in [1.807, 2.05) is 26.1 Å². The van der Waals surface area contributed by atoms with E-state index in [-0.39, 0.29) is 17.8 Å². The molecule has 154 valence electrons. The van der Waals surface area contributed by atoms with E-state index in [4.69, 9.17) is 11.6 Å². The molecule has 29 heavy (non-hydrogen) atoms. The maximum Gasteiger partial charge on any atom is 0.244 e. The fraction of sp³-hybridized carbons (Fsp3) is 0.435. The van der Waals surface area contributed by atoms with E-state index in [0.717, 1.165) is 26.2 Å². The van der Waals surface area contributed by atoms with Crippen LogP contribution in [0.25, 0.3) is 0 Å². The third-order valence-corrected chi connectivity index (χ3v) is 6.69. The molecule has 0 radical (unpaired) electrons. The van der Waals surface area contributed by atoms with Crippen molar-refractivity contribution < 1.29 is 9.18 Å². The summed E-state index contributed by atoms with van der Waals surface area (Å²) < 4.78 is 13.9. The van der Waals surface area contributed by atoms with Crippen LogP contribution in [-0.2, 0) is 17.6 Å². The highest BCUT2D eigenvalue weighted by molar-refractivity contribution is 6.30. The van der Waals surface area contributed by atoms with Gasteiger partial charge in [-0.05, 0) is 41.8 Å². The van der Waals surface area contributed by atoms with Crippen molar-refractivity contribution in [2.24, 2.45) is 0 Å². The maximum absolute atomic E-state index is 14.0. The number of benzene rings is 2. The van der Waals surface area contributed by atoms with Crippen LogP contribution in [0.2, 0.25) is 5.02 Å². The highest BCUT2D eigenvalue weighted by Gasteiger charge is 2.50. The third kappa shape index (κ3) is 3.79. The molecule has 2 aromatic carbocycles. The lowest BCUT2D eigenvalue weighted by Gasteiger charge is -2.45. The normalized spacial score (nSPS) is 19.6. The Kier molecular flexibility index (Phi) is 5.65. The molecular formula is C23H27ClFN3O. The number of nitrogens with zero attached hydrogens (tertiary/aromatic N) is 2. The summed E-state index contributed by atoms with van der Waals surface area (Å²) in [5.41, 5.74) is 2.60. The molecule has 0 aromatic heterocycles. The van der Waals surface area contributed by atoms with Crippen LogP contribution < -0.4 is 5.32 Å². The fourth-order valence-electron chi connectivity index (χ4n) is 4.74. The Morgan fingerprint density at radius 2 is 1.79 bits per heavy atom. The van der Waals surface area contributed by atoms with Crippen LogP contribution in [-0.4, -0.2) is 54.5 Å². The van der Waals surface area contributed by atoms with Crippen molar-refractivity contribution in [3.63, 3.8) is 0 Å². The SMILES string of the molecule is CC(c1cc(F)cc(Cl)c1)N(C)C(=O)C1(N2CCNCC2)Cc2ccccc2C1. The number of likely N-dealkylation sites (N-methyl/N-ethyl adjacent to an activating group) is 1. The van der Waals surface area contributed by atoms with E-state index in [1.165, 1.54) is 23.3 Å². The Morgan fingerprint density at radius 3 is 2.38 bits per heavy atom. The van der Waals surface area contributed by atoms with Crippen LogP contribution in [0.3, 0.4) is 0 Å². The molecule has 1 heterocycles. The molecule has 1 saturated heterocycles. The second-order valence-electron chi connectivity index (χ2n) is 8.19. The van der Waals surface area contributed by atoms with Crippen molar-refractivity contribution in [2.75, 3.05) is 33.2 Å². The first-order valence-corrected chi connectivity index (χ1v) is 10.5. The van der Waals surface area contributed by atoms with E-state index in [1.54, 1.807) is 11.0 Å². The van der Waals surface area contributed by atoms with Gasteiger partial charge in [0.15, 0.2) is 0 Å². The monoisotopic (exact) mass is 415 g/mol. The maximum atomic E-state index is 14.0. The Hall–Kier alpha value is -1.95. The largest absolute Gasteiger partial charge is 0.337 e. The van der Waals surface area contributed by atoms with Gasteiger partial charge in [-0.1, -0.05) is 35.9 Å². The van der Waals surface area contributed by atoms with E-state index in [0.29, 0.717) is 23.4 Å². The number of rotatable bonds is 4. The molecule has 1 atom stereocenters. The molecule has 2 aliphatic rings. The summed E-state index contributed by atoms with van der Waals surface area (Å²) in [6.45, 7) is 5.37. The van der Waals surface area contributed by atoms with Crippen molar-refractivity contribution in [1.29, 1.82) is 0 Å². The molecule has 6 heteroatoms. The summed E-state index contributed by atoms with van der Waals surface area (Å²) in [7, 11) is 1.82. The summed E-state index contributed by atoms with van der Waals surface area (Å²) in [5, 5.41) is 3.73. The molecule has 1 fully saturated rings. The van der Waals surface area contributed by atoms with E-state index < -0.39 is 5.54 Å². The van der Waals surface area contributed by atoms with Gasteiger partial charge in [-0.25, -0.2) is 4.39 Å². The molecule has 2 aromatic rings. The molecule has 0 bridgehead atoms. The Bertz CT molecular complexity index is 867. The number of nitrogens with one attached hydrogen (secondary N) is 1. The average Bonchev–Trinajstić information content (AvgIpc) is 3.13. The van der Waals surface area contributed by atoms with Gasteiger partial charge in [0, 0.05) is 51.1 Å². The number of carbonyl (C=O) groups excluding carboxylic acids is 1. The average molecular weight is 416 g/mol. The van der Waals surface area contributed by atoms with Gasteiger partial charge in [-0.2, -0.15) is 0 Å². The number of hydrogen-bond donors (Lipinski definition) is 1. The Morgan fingerprint density at radius 1 is 1.17 bits per heavy atom. The fourth-order valence-corrected chi connectivity index (χ4v) is 4.97. The molecule has 0 spiro atoms. The number of fused-ring (bicyclic) bond motifs is 1. The second kappa shape index (κ2) is 8.05. The van der Waals surface area contributed by atoms with Crippen LogP contribution in [0, 0.1) is 5.82 Å². The van der Waals surface area contributed by atoms with Gasteiger partial charge in [0.05, 0.1) is 6.04 Å². The zero-order chi connectivity index (χ0) is 20.6. The zero-order valence-corrected chi connectivity index (χ0v) is 17.7. The standard InChI is InChI=1S/C23H27ClFN3O/c1-16(19-11-20(24)13-21(25)12-19)27(2)22(29)23(28-9-7-26-8-10-28)14-17-5-3-4-6-18(17)15-23/h3-6,11-13,16,26H,7-10,14-15H2,1-2H3. The minimum absolute atomic E-state index is 0.0866. The molecule has 1 unspecified atom stereocenters. The highest BCUT2D eigenvalue weighted by Crippen LogP contribution is 2.38. The lowest BCUT2D eigenvalue weighted by atomic mass is 9.89. The predicted molar refractivity (Wildman–Crippen MR) is 114 cm³/mol. The first kappa shape index (κ1) is 20.3. The van der Waals surface area contributed by atoms with Gasteiger partial charge in [-0.3, -0.25) is 9.69 Å². The highest BCUT2D eigenvalue weighted by atomic mass is 35.5. The smallest absolute Gasteiger partial charge is 0.244 e. The molecule has 0 saturated carbocycles. The summed E-state index contributed by atoms with van der Waals surface area (Å²) in [6, 6.07) is 12.5. The quantitative estimate of drug-likeness (QED) is 0.830. The Labute approximate surface area is 176 Å². The van der Waals surface area contributed by atoms with E-state index in [9.17, 15) is 9.18 Å². The van der Waals surface area contributed by atoms with Crippen molar-refractivity contribution in [2.45, 2.75) is 31.3 Å². The summed E-state index contributed by atoms with van der Waals surface area (Å²) in [5.74, 6) is -0.297. The number of amides is 1. The number of piperazine rings is 1. The number of hydrogen-bond acceptors (Lipinski definition) is 3. The second-order valence-corrected chi connectivity index (χ2v) is 8.62. The number of halogens is 2. The Balaban J connectivity index is 1.66. The van der Waals surface area contributed by atoms with Crippen molar-refractivity contribution >= 4 is 17.5 Å². The van der Waals surface area contributed by atoms with Gasteiger partial charge in [-0.15, -0.1) is 0 Å². The van der Waals surface area contributed by atoms with Gasteiger partial charge in [0.2, 0.25) is 5.91 Å². The first-order chi connectivity index (χ1) is 13.9. The minimum atomic E-state index is -0.591. The molecule has 1 aliphatic heterocycles. The topological polar surface area (TPSA) is 35.6 Å². The van der Waals surface area contributed by atoms with Gasteiger partial charge >= 0.3 is 0 Å². The van der Waals surface area contributed by atoms with Gasteiger partial charge < -0.3 is 10.2 Å². The van der Waals surface area contributed by atoms with Crippen molar-refractivity contribution in [3.8, 4) is 0 Å².